The van der Waals surface area contributed by atoms with Gasteiger partial charge in [0.05, 0.1) is 23.2 Å². The van der Waals surface area contributed by atoms with Gasteiger partial charge in [-0.1, -0.05) is 6.07 Å². The lowest BCUT2D eigenvalue weighted by molar-refractivity contribution is 0.102. The summed E-state index contributed by atoms with van der Waals surface area (Å²) < 4.78 is 25.0. The van der Waals surface area contributed by atoms with Crippen LogP contribution in [0.4, 0.5) is 11.4 Å². The highest BCUT2D eigenvalue weighted by molar-refractivity contribution is 7.92. The van der Waals surface area contributed by atoms with Crippen LogP contribution in [-0.4, -0.2) is 20.6 Å². The van der Waals surface area contributed by atoms with E-state index in [2.05, 4.69) is 10.0 Å². The molecule has 7 heteroatoms. The first kappa shape index (κ1) is 14.5. The van der Waals surface area contributed by atoms with Gasteiger partial charge in [-0.25, -0.2) is 8.42 Å². The third-order valence-electron chi connectivity index (χ3n) is 2.50. The van der Waals surface area contributed by atoms with Gasteiger partial charge < -0.3 is 5.32 Å². The number of benzene rings is 1. The van der Waals surface area contributed by atoms with Gasteiger partial charge in [0, 0.05) is 5.38 Å². The van der Waals surface area contributed by atoms with Crippen LogP contribution in [0.15, 0.2) is 35.0 Å². The molecule has 0 aliphatic carbocycles. The van der Waals surface area contributed by atoms with E-state index in [0.29, 0.717) is 16.9 Å². The van der Waals surface area contributed by atoms with Crippen LogP contribution in [0.25, 0.3) is 0 Å². The molecule has 1 aromatic heterocycles. The molecule has 0 fully saturated rings. The van der Waals surface area contributed by atoms with Crippen molar-refractivity contribution in [1.82, 2.24) is 0 Å². The number of anilines is 2. The lowest BCUT2D eigenvalue weighted by Gasteiger charge is -2.12. The topological polar surface area (TPSA) is 75.3 Å². The van der Waals surface area contributed by atoms with E-state index in [1.165, 1.54) is 11.3 Å². The van der Waals surface area contributed by atoms with Crippen molar-refractivity contribution in [3.05, 3.63) is 46.2 Å². The highest BCUT2D eigenvalue weighted by Gasteiger charge is 2.12. The molecule has 0 saturated heterocycles. The van der Waals surface area contributed by atoms with Crippen molar-refractivity contribution < 1.29 is 13.2 Å². The Kier molecular flexibility index (Phi) is 4.10. The normalized spacial score (nSPS) is 11.1. The fraction of sp³-hybridized carbons (Fsp3) is 0.154. The van der Waals surface area contributed by atoms with E-state index in [1.807, 2.05) is 6.92 Å². The number of aryl methyl sites for hydroxylation is 1. The highest BCUT2D eigenvalue weighted by Crippen LogP contribution is 2.24. The molecule has 0 bridgehead atoms. The van der Waals surface area contributed by atoms with Gasteiger partial charge in [-0.2, -0.15) is 11.3 Å². The van der Waals surface area contributed by atoms with Crippen molar-refractivity contribution in [3.63, 3.8) is 0 Å². The van der Waals surface area contributed by atoms with Crippen LogP contribution in [-0.2, 0) is 10.0 Å². The summed E-state index contributed by atoms with van der Waals surface area (Å²) in [6.07, 6.45) is 1.07. The summed E-state index contributed by atoms with van der Waals surface area (Å²) >= 11 is 1.42. The lowest BCUT2D eigenvalue weighted by atomic mass is 10.2. The minimum Gasteiger partial charge on any atom is -0.320 e. The number of nitrogens with one attached hydrogen (secondary N) is 2. The molecule has 2 aromatic rings. The van der Waals surface area contributed by atoms with Crippen molar-refractivity contribution in [2.24, 2.45) is 0 Å². The van der Waals surface area contributed by atoms with Gasteiger partial charge >= 0.3 is 0 Å². The number of rotatable bonds is 4. The summed E-state index contributed by atoms with van der Waals surface area (Å²) in [5, 5.41) is 6.25. The first-order valence-electron chi connectivity index (χ1n) is 5.77. The van der Waals surface area contributed by atoms with Crippen molar-refractivity contribution in [2.75, 3.05) is 16.3 Å². The number of sulfonamides is 1. The Morgan fingerprint density at radius 2 is 1.95 bits per heavy atom. The maximum absolute atomic E-state index is 12.0. The Morgan fingerprint density at radius 1 is 1.20 bits per heavy atom. The largest absolute Gasteiger partial charge is 0.320 e. The number of carbonyl (C=O) groups excluding carboxylic acids is 1. The van der Waals surface area contributed by atoms with E-state index in [9.17, 15) is 13.2 Å². The van der Waals surface area contributed by atoms with Crippen LogP contribution < -0.4 is 10.0 Å². The summed E-state index contributed by atoms with van der Waals surface area (Å²) in [7, 11) is -3.40. The second kappa shape index (κ2) is 5.64. The molecule has 1 aromatic carbocycles. The lowest BCUT2D eigenvalue weighted by Crippen LogP contribution is -2.15. The molecule has 5 nitrogen and oxygen atoms in total. The molecule has 0 unspecified atom stereocenters. The van der Waals surface area contributed by atoms with Crippen molar-refractivity contribution in [1.29, 1.82) is 0 Å². The Hall–Kier alpha value is -1.86. The summed E-state index contributed by atoms with van der Waals surface area (Å²) in [6, 6.07) is 6.82. The quantitative estimate of drug-likeness (QED) is 0.911. The van der Waals surface area contributed by atoms with Crippen LogP contribution in [0, 0.1) is 6.92 Å². The maximum atomic E-state index is 12.0. The smallest absolute Gasteiger partial charge is 0.256 e. The molecule has 0 saturated carbocycles. The molecule has 0 aliphatic heterocycles. The minimum absolute atomic E-state index is 0.270. The van der Waals surface area contributed by atoms with Crippen LogP contribution in [0.3, 0.4) is 0 Å². The fourth-order valence-electron chi connectivity index (χ4n) is 1.64. The summed E-state index contributed by atoms with van der Waals surface area (Å²) in [6.45, 7) is 1.87. The second-order valence-corrected chi connectivity index (χ2v) is 6.92. The summed E-state index contributed by atoms with van der Waals surface area (Å²) in [5.74, 6) is -0.270. The van der Waals surface area contributed by atoms with Gasteiger partial charge in [0.1, 0.15) is 0 Å². The van der Waals surface area contributed by atoms with E-state index in [1.54, 1.807) is 35.0 Å². The molecule has 0 radical (unpaired) electrons. The zero-order chi connectivity index (χ0) is 14.8. The SMILES string of the molecule is Cc1ccc(NS(C)(=O)=O)c(NC(=O)c2ccsc2)c1. The molecule has 0 atom stereocenters. The molecule has 106 valence electrons. The van der Waals surface area contributed by atoms with Crippen LogP contribution >= 0.6 is 11.3 Å². The van der Waals surface area contributed by atoms with E-state index < -0.39 is 10.0 Å². The third-order valence-corrected chi connectivity index (χ3v) is 3.78. The fourth-order valence-corrected chi connectivity index (χ4v) is 2.85. The van der Waals surface area contributed by atoms with Gasteiger partial charge in [-0.05, 0) is 36.1 Å². The monoisotopic (exact) mass is 310 g/mol. The van der Waals surface area contributed by atoms with Crippen LogP contribution in [0.1, 0.15) is 15.9 Å². The average molecular weight is 310 g/mol. The predicted octanol–water partition coefficient (Wildman–Crippen LogP) is 2.68. The van der Waals surface area contributed by atoms with Gasteiger partial charge in [0.2, 0.25) is 10.0 Å². The number of hydrogen-bond donors (Lipinski definition) is 2. The zero-order valence-corrected chi connectivity index (χ0v) is 12.6. The zero-order valence-electron chi connectivity index (χ0n) is 11.0. The first-order valence-corrected chi connectivity index (χ1v) is 8.60. The molecule has 0 aliphatic rings. The van der Waals surface area contributed by atoms with Crippen LogP contribution in [0.5, 0.6) is 0 Å². The van der Waals surface area contributed by atoms with E-state index in [0.717, 1.165) is 11.8 Å². The van der Waals surface area contributed by atoms with Crippen molar-refractivity contribution in [3.8, 4) is 0 Å². The number of thiophene rings is 1. The standard InChI is InChI=1S/C13H14N2O3S2/c1-9-3-4-11(15-20(2,17)18)12(7-9)14-13(16)10-5-6-19-8-10/h3-8,15H,1-2H3,(H,14,16). The van der Waals surface area contributed by atoms with E-state index in [-0.39, 0.29) is 5.91 Å². The Bertz CT molecular complexity index is 722. The van der Waals surface area contributed by atoms with E-state index >= 15 is 0 Å². The van der Waals surface area contributed by atoms with Crippen molar-refractivity contribution in [2.45, 2.75) is 6.92 Å². The molecule has 20 heavy (non-hydrogen) atoms. The summed E-state index contributed by atoms with van der Waals surface area (Å²) in [4.78, 5) is 12.0. The minimum atomic E-state index is -3.40. The average Bonchev–Trinajstić information content (AvgIpc) is 2.85. The van der Waals surface area contributed by atoms with Gasteiger partial charge in [0.25, 0.3) is 5.91 Å². The second-order valence-electron chi connectivity index (χ2n) is 4.39. The Labute approximate surface area is 121 Å². The van der Waals surface area contributed by atoms with E-state index in [4.69, 9.17) is 0 Å². The Morgan fingerprint density at radius 3 is 2.55 bits per heavy atom. The third kappa shape index (κ3) is 3.82. The first-order chi connectivity index (χ1) is 9.35. The molecule has 0 spiro atoms. The molecule has 2 N–H and O–H groups in total. The summed E-state index contributed by atoms with van der Waals surface area (Å²) in [5.41, 5.74) is 2.25. The molecule has 2 rings (SSSR count). The molecular weight excluding hydrogens is 296 g/mol. The van der Waals surface area contributed by atoms with Gasteiger partial charge in [-0.3, -0.25) is 9.52 Å². The molecule has 1 heterocycles. The Balaban J connectivity index is 2.30. The van der Waals surface area contributed by atoms with Gasteiger partial charge in [0.15, 0.2) is 0 Å². The number of hydrogen-bond acceptors (Lipinski definition) is 4. The van der Waals surface area contributed by atoms with Crippen molar-refractivity contribution >= 4 is 38.6 Å². The van der Waals surface area contributed by atoms with Gasteiger partial charge in [-0.15, -0.1) is 0 Å². The number of amides is 1. The molecular formula is C13H14N2O3S2. The predicted molar refractivity (Wildman–Crippen MR) is 81.9 cm³/mol. The highest BCUT2D eigenvalue weighted by atomic mass is 32.2. The maximum Gasteiger partial charge on any atom is 0.256 e. The molecule has 1 amide bonds. The number of carbonyl (C=O) groups is 1. The van der Waals surface area contributed by atoms with Crippen LogP contribution in [0.2, 0.25) is 0 Å².